The molecule has 1 heterocycles. The average Bonchev–Trinajstić information content (AvgIpc) is 2.92. The monoisotopic (exact) mass is 339 g/mol. The molecule has 0 saturated carbocycles. The molecule has 0 saturated heterocycles. The van der Waals surface area contributed by atoms with Crippen LogP contribution in [-0.4, -0.2) is 16.9 Å². The lowest BCUT2D eigenvalue weighted by atomic mass is 9.78. The molecule has 126 valence electrons. The largest absolute Gasteiger partial charge is 0.452 e. The van der Waals surface area contributed by atoms with Crippen LogP contribution in [0.2, 0.25) is 0 Å². The molecule has 0 fully saturated rings. The second kappa shape index (κ2) is 6.49. The van der Waals surface area contributed by atoms with Crippen LogP contribution in [0, 0.1) is 17.9 Å². The Bertz CT molecular complexity index is 605. The molecule has 1 aromatic heterocycles. The molecule has 0 spiro atoms. The van der Waals surface area contributed by atoms with Crippen molar-refractivity contribution < 1.29 is 30.9 Å². The first-order chi connectivity index (χ1) is 10.5. The molecular weight excluding hydrogens is 328 g/mol. The molecule has 2 atom stereocenters. The summed E-state index contributed by atoms with van der Waals surface area (Å²) in [5.74, 6) is -2.66. The highest BCUT2D eigenvalue weighted by Crippen LogP contribution is 2.41. The van der Waals surface area contributed by atoms with Gasteiger partial charge < -0.3 is 4.52 Å². The maximum atomic E-state index is 12.5. The third-order valence-corrected chi connectivity index (χ3v) is 3.33. The van der Waals surface area contributed by atoms with Gasteiger partial charge in [0.25, 0.3) is 0 Å². The molecule has 4 nitrogen and oxygen atoms in total. The van der Waals surface area contributed by atoms with E-state index < -0.39 is 42.4 Å². The SMILES string of the molecule is [C-]#[N+]C(C#N)(CCC(F)(F)F)C(CC)c1cc(C(F)(F)F)on1. The number of aromatic nitrogens is 1. The first-order valence-electron chi connectivity index (χ1n) is 6.39. The summed E-state index contributed by atoms with van der Waals surface area (Å²) in [6.45, 7) is 8.52. The molecule has 0 radical (unpaired) electrons. The number of nitriles is 1. The lowest BCUT2D eigenvalue weighted by Crippen LogP contribution is -2.33. The zero-order chi connectivity index (χ0) is 17.9. The van der Waals surface area contributed by atoms with Crippen LogP contribution < -0.4 is 0 Å². The number of alkyl halides is 6. The van der Waals surface area contributed by atoms with E-state index in [0.717, 1.165) is 0 Å². The first kappa shape index (κ1) is 18.8. The van der Waals surface area contributed by atoms with Crippen LogP contribution in [0.15, 0.2) is 10.6 Å². The van der Waals surface area contributed by atoms with E-state index in [1.807, 2.05) is 0 Å². The lowest BCUT2D eigenvalue weighted by Gasteiger charge is -2.22. The number of hydrogen-bond acceptors (Lipinski definition) is 3. The van der Waals surface area contributed by atoms with Crippen molar-refractivity contribution in [2.45, 2.75) is 50.0 Å². The Labute approximate surface area is 127 Å². The highest BCUT2D eigenvalue weighted by Gasteiger charge is 2.50. The molecule has 0 aliphatic rings. The van der Waals surface area contributed by atoms with Crippen LogP contribution in [-0.2, 0) is 6.18 Å². The minimum absolute atomic E-state index is 0.0440. The van der Waals surface area contributed by atoms with Gasteiger partial charge in [-0.25, -0.2) is 6.57 Å². The Morgan fingerprint density at radius 3 is 2.26 bits per heavy atom. The van der Waals surface area contributed by atoms with Crippen LogP contribution in [0.1, 0.15) is 43.6 Å². The molecule has 0 aromatic carbocycles. The van der Waals surface area contributed by atoms with Gasteiger partial charge in [-0.05, 0) is 6.42 Å². The van der Waals surface area contributed by atoms with E-state index in [1.165, 1.54) is 13.0 Å². The van der Waals surface area contributed by atoms with Crippen LogP contribution in [0.5, 0.6) is 0 Å². The maximum absolute atomic E-state index is 12.5. The van der Waals surface area contributed by atoms with Crippen molar-refractivity contribution in [3.8, 4) is 6.07 Å². The van der Waals surface area contributed by atoms with Gasteiger partial charge >= 0.3 is 17.9 Å². The van der Waals surface area contributed by atoms with Crippen LogP contribution in [0.4, 0.5) is 26.3 Å². The number of nitrogens with zero attached hydrogens (tertiary/aromatic N) is 3. The maximum Gasteiger partial charge on any atom is 0.452 e. The Kier molecular flexibility index (Phi) is 5.31. The van der Waals surface area contributed by atoms with Crippen molar-refractivity contribution in [1.29, 1.82) is 5.26 Å². The van der Waals surface area contributed by atoms with Gasteiger partial charge in [0, 0.05) is 12.5 Å². The molecule has 2 unspecified atom stereocenters. The molecule has 0 N–H and O–H groups in total. The Hall–Kier alpha value is -2.23. The van der Waals surface area contributed by atoms with Gasteiger partial charge in [0.1, 0.15) is 0 Å². The lowest BCUT2D eigenvalue weighted by molar-refractivity contribution is -0.155. The van der Waals surface area contributed by atoms with E-state index in [4.69, 9.17) is 6.57 Å². The molecule has 0 aliphatic heterocycles. The third-order valence-electron chi connectivity index (χ3n) is 3.33. The fourth-order valence-corrected chi connectivity index (χ4v) is 2.18. The van der Waals surface area contributed by atoms with E-state index in [0.29, 0.717) is 6.07 Å². The van der Waals surface area contributed by atoms with Gasteiger partial charge in [-0.3, -0.25) is 4.85 Å². The summed E-state index contributed by atoms with van der Waals surface area (Å²) in [4.78, 5) is 2.99. The molecule has 23 heavy (non-hydrogen) atoms. The van der Waals surface area contributed by atoms with Crippen LogP contribution >= 0.6 is 0 Å². The van der Waals surface area contributed by atoms with Crippen molar-refractivity contribution in [2.75, 3.05) is 0 Å². The number of rotatable bonds is 5. The van der Waals surface area contributed by atoms with Crippen molar-refractivity contribution >= 4 is 0 Å². The van der Waals surface area contributed by atoms with Crippen molar-refractivity contribution in [3.05, 3.63) is 28.9 Å². The summed E-state index contributed by atoms with van der Waals surface area (Å²) in [5, 5.41) is 12.4. The minimum Gasteiger partial charge on any atom is -0.351 e. The zero-order valence-electron chi connectivity index (χ0n) is 11.8. The predicted molar refractivity (Wildman–Crippen MR) is 64.8 cm³/mol. The molecular formula is C13H11F6N3O. The van der Waals surface area contributed by atoms with Gasteiger partial charge in [0.2, 0.25) is 5.76 Å². The second-order valence-electron chi connectivity index (χ2n) is 4.84. The normalized spacial score (nSPS) is 16.2. The predicted octanol–water partition coefficient (Wildman–Crippen LogP) is 4.71. The van der Waals surface area contributed by atoms with E-state index in [-0.39, 0.29) is 12.1 Å². The second-order valence-corrected chi connectivity index (χ2v) is 4.84. The van der Waals surface area contributed by atoms with Gasteiger partial charge in [-0.2, -0.15) is 31.6 Å². The van der Waals surface area contributed by atoms with E-state index >= 15 is 0 Å². The zero-order valence-corrected chi connectivity index (χ0v) is 11.8. The highest BCUT2D eigenvalue weighted by molar-refractivity contribution is 5.29. The third kappa shape index (κ3) is 4.38. The summed E-state index contributed by atoms with van der Waals surface area (Å²) >= 11 is 0. The first-order valence-corrected chi connectivity index (χ1v) is 6.39. The molecule has 0 bridgehead atoms. The average molecular weight is 339 g/mol. The number of halogens is 6. The molecule has 0 aliphatic carbocycles. The molecule has 1 aromatic rings. The molecule has 0 amide bonds. The van der Waals surface area contributed by atoms with Crippen molar-refractivity contribution in [3.63, 3.8) is 0 Å². The topological polar surface area (TPSA) is 54.2 Å². The fraction of sp³-hybridized carbons (Fsp3) is 0.615. The number of hydrogen-bond donors (Lipinski definition) is 0. The summed E-state index contributed by atoms with van der Waals surface area (Å²) < 4.78 is 78.9. The minimum atomic E-state index is -4.82. The van der Waals surface area contributed by atoms with Gasteiger partial charge in [-0.15, -0.1) is 0 Å². The van der Waals surface area contributed by atoms with E-state index in [1.54, 1.807) is 0 Å². The molecule has 10 heteroatoms. The molecule has 1 rings (SSSR count). The summed E-state index contributed by atoms with van der Waals surface area (Å²) in [6.07, 6.45) is -11.7. The Morgan fingerprint density at radius 2 is 1.91 bits per heavy atom. The summed E-state index contributed by atoms with van der Waals surface area (Å²) in [7, 11) is 0. The standard InChI is InChI=1S/C13H11F6N3O/c1-3-8(9-6-10(23-22-9)13(17,18)19)11(7-20,21-2)4-5-12(14,15)16/h6,8H,3-5H2,1H3. The van der Waals surface area contributed by atoms with Gasteiger partial charge in [0.05, 0.1) is 18.0 Å². The van der Waals surface area contributed by atoms with Gasteiger partial charge in [-0.1, -0.05) is 12.1 Å². The highest BCUT2D eigenvalue weighted by atomic mass is 19.4. The van der Waals surface area contributed by atoms with Crippen LogP contribution in [0.3, 0.4) is 0 Å². The van der Waals surface area contributed by atoms with Crippen molar-refractivity contribution in [1.82, 2.24) is 5.16 Å². The van der Waals surface area contributed by atoms with E-state index in [2.05, 4.69) is 14.5 Å². The van der Waals surface area contributed by atoms with Gasteiger partial charge in [0.15, 0.2) is 6.07 Å². The fourth-order valence-electron chi connectivity index (χ4n) is 2.18. The Morgan fingerprint density at radius 1 is 1.30 bits per heavy atom. The van der Waals surface area contributed by atoms with Crippen LogP contribution in [0.25, 0.3) is 4.85 Å². The van der Waals surface area contributed by atoms with Crippen molar-refractivity contribution in [2.24, 2.45) is 0 Å². The summed E-state index contributed by atoms with van der Waals surface area (Å²) in [5.41, 5.74) is -2.52. The summed E-state index contributed by atoms with van der Waals surface area (Å²) in [6, 6.07) is 2.03. The Balaban J connectivity index is 3.20. The van der Waals surface area contributed by atoms with E-state index in [9.17, 15) is 31.6 Å². The quantitative estimate of drug-likeness (QED) is 0.576. The smallest absolute Gasteiger partial charge is 0.351 e.